The second-order valence-electron chi connectivity index (χ2n) is 8.83. The molecule has 33 heavy (non-hydrogen) atoms. The van der Waals surface area contributed by atoms with Crippen molar-refractivity contribution in [2.24, 2.45) is 5.73 Å². The average molecular weight is 464 g/mol. The summed E-state index contributed by atoms with van der Waals surface area (Å²) >= 11 is 0. The summed E-state index contributed by atoms with van der Waals surface area (Å²) in [7, 11) is 0. The van der Waals surface area contributed by atoms with E-state index in [0.29, 0.717) is 39.0 Å². The molecule has 0 spiro atoms. The van der Waals surface area contributed by atoms with Crippen LogP contribution < -0.4 is 10.5 Å². The van der Waals surface area contributed by atoms with E-state index in [0.717, 1.165) is 17.7 Å². The second-order valence-corrected chi connectivity index (χ2v) is 8.83. The van der Waals surface area contributed by atoms with Crippen LogP contribution in [-0.4, -0.2) is 53.2 Å². The van der Waals surface area contributed by atoms with Crippen molar-refractivity contribution >= 4 is 5.91 Å². The number of hydrogen-bond acceptors (Lipinski definition) is 5. The van der Waals surface area contributed by atoms with Crippen LogP contribution in [0.25, 0.3) is 0 Å². The standard InChI is InChI=1S/C24H28F3N3O3/c1-16(17-5-9-29-10-6-17)21-14-23(22(28)31,8-12-32-21)30-11-7-20(15-30)33-19-4-2-3-18(13-19)24(25,26)27/h2-6,9-10,13,16,20-21H,7-8,11-12,14-15H2,1H3,(H2,28,31)/t16-,20?,21?,23?/m0/s1. The van der Waals surface area contributed by atoms with Crippen molar-refractivity contribution in [3.05, 3.63) is 59.9 Å². The molecule has 2 fully saturated rings. The van der Waals surface area contributed by atoms with Crippen molar-refractivity contribution in [1.29, 1.82) is 0 Å². The summed E-state index contributed by atoms with van der Waals surface area (Å²) in [5.41, 5.74) is 5.38. The Balaban J connectivity index is 1.47. The molecule has 3 unspecified atom stereocenters. The second kappa shape index (κ2) is 9.30. The number of nitrogens with zero attached hydrogens (tertiary/aromatic N) is 2. The topological polar surface area (TPSA) is 77.7 Å². The van der Waals surface area contributed by atoms with E-state index in [4.69, 9.17) is 15.2 Å². The van der Waals surface area contributed by atoms with Crippen LogP contribution in [0.5, 0.6) is 5.75 Å². The summed E-state index contributed by atoms with van der Waals surface area (Å²) < 4.78 is 51.0. The van der Waals surface area contributed by atoms with Gasteiger partial charge in [0, 0.05) is 44.4 Å². The maximum atomic E-state index is 13.0. The van der Waals surface area contributed by atoms with E-state index < -0.39 is 23.2 Å². The maximum Gasteiger partial charge on any atom is 0.416 e. The molecule has 0 radical (unpaired) electrons. The molecule has 1 aromatic carbocycles. The fourth-order valence-electron chi connectivity index (χ4n) is 4.89. The fourth-order valence-corrected chi connectivity index (χ4v) is 4.89. The van der Waals surface area contributed by atoms with Gasteiger partial charge in [-0.25, -0.2) is 0 Å². The molecule has 2 aromatic rings. The van der Waals surface area contributed by atoms with Gasteiger partial charge in [0.25, 0.3) is 0 Å². The molecule has 1 amide bonds. The van der Waals surface area contributed by atoms with Crippen molar-refractivity contribution in [2.75, 3.05) is 19.7 Å². The summed E-state index contributed by atoms with van der Waals surface area (Å²) in [4.78, 5) is 18.8. The number of alkyl halides is 3. The summed E-state index contributed by atoms with van der Waals surface area (Å²) in [5.74, 6) is -0.190. The molecular weight excluding hydrogens is 435 g/mol. The van der Waals surface area contributed by atoms with Crippen LogP contribution in [0.2, 0.25) is 0 Å². The summed E-state index contributed by atoms with van der Waals surface area (Å²) in [6.45, 7) is 3.44. The van der Waals surface area contributed by atoms with Crippen LogP contribution in [0.1, 0.15) is 43.2 Å². The zero-order chi connectivity index (χ0) is 23.6. The van der Waals surface area contributed by atoms with Gasteiger partial charge in [0.2, 0.25) is 5.91 Å². The highest BCUT2D eigenvalue weighted by molar-refractivity contribution is 5.85. The number of hydrogen-bond donors (Lipinski definition) is 1. The number of benzene rings is 1. The Morgan fingerprint density at radius 1 is 1.30 bits per heavy atom. The van der Waals surface area contributed by atoms with E-state index in [1.54, 1.807) is 12.4 Å². The highest BCUT2D eigenvalue weighted by atomic mass is 19.4. The van der Waals surface area contributed by atoms with Gasteiger partial charge in [0.1, 0.15) is 17.4 Å². The first-order valence-electron chi connectivity index (χ1n) is 11.1. The van der Waals surface area contributed by atoms with E-state index in [1.807, 2.05) is 17.0 Å². The molecule has 6 nitrogen and oxygen atoms in total. The number of aromatic nitrogens is 1. The Kier molecular flexibility index (Phi) is 6.63. The van der Waals surface area contributed by atoms with Crippen LogP contribution in [0, 0.1) is 0 Å². The van der Waals surface area contributed by atoms with Crippen molar-refractivity contribution in [3.8, 4) is 5.75 Å². The molecule has 178 valence electrons. The number of rotatable bonds is 6. The third-order valence-corrected chi connectivity index (χ3v) is 6.85. The van der Waals surface area contributed by atoms with Crippen LogP contribution in [0.15, 0.2) is 48.8 Å². The van der Waals surface area contributed by atoms with Crippen LogP contribution in [-0.2, 0) is 15.7 Å². The highest BCUT2D eigenvalue weighted by Crippen LogP contribution is 2.39. The van der Waals surface area contributed by atoms with Gasteiger partial charge in [-0.2, -0.15) is 13.2 Å². The van der Waals surface area contributed by atoms with E-state index in [9.17, 15) is 18.0 Å². The molecule has 0 saturated carbocycles. The van der Waals surface area contributed by atoms with Gasteiger partial charge >= 0.3 is 6.18 Å². The molecule has 2 saturated heterocycles. The first-order chi connectivity index (χ1) is 15.7. The van der Waals surface area contributed by atoms with Crippen LogP contribution in [0.3, 0.4) is 0 Å². The minimum Gasteiger partial charge on any atom is -0.489 e. The number of ether oxygens (including phenoxy) is 2. The van der Waals surface area contributed by atoms with Gasteiger partial charge in [-0.15, -0.1) is 0 Å². The molecule has 2 aliphatic heterocycles. The largest absolute Gasteiger partial charge is 0.489 e. The molecule has 4 rings (SSSR count). The summed E-state index contributed by atoms with van der Waals surface area (Å²) in [6.07, 6.45) is 0.00967. The number of amides is 1. The zero-order valence-electron chi connectivity index (χ0n) is 18.4. The Bertz CT molecular complexity index is 972. The number of carbonyl (C=O) groups excluding carboxylic acids is 1. The molecular formula is C24H28F3N3O3. The van der Waals surface area contributed by atoms with E-state index >= 15 is 0 Å². The van der Waals surface area contributed by atoms with Crippen LogP contribution in [0.4, 0.5) is 13.2 Å². The van der Waals surface area contributed by atoms with Crippen LogP contribution >= 0.6 is 0 Å². The molecule has 4 atom stereocenters. The van der Waals surface area contributed by atoms with E-state index in [-0.39, 0.29) is 23.9 Å². The number of likely N-dealkylation sites (tertiary alicyclic amines) is 1. The Morgan fingerprint density at radius 3 is 2.76 bits per heavy atom. The SMILES string of the molecule is C[C@@H](c1ccncc1)C1CC(C(N)=O)(N2CCC(Oc3cccc(C(F)(F)F)c3)C2)CCO1. The molecule has 1 aromatic heterocycles. The quantitative estimate of drug-likeness (QED) is 0.706. The maximum absolute atomic E-state index is 13.0. The number of pyridine rings is 1. The lowest BCUT2D eigenvalue weighted by molar-refractivity contribution is -0.142. The number of halogens is 3. The van der Waals surface area contributed by atoms with Gasteiger partial charge in [0.05, 0.1) is 11.7 Å². The van der Waals surface area contributed by atoms with Crippen molar-refractivity contribution in [2.45, 2.75) is 56.0 Å². The Morgan fingerprint density at radius 2 is 2.06 bits per heavy atom. The number of carbonyl (C=O) groups is 1. The minimum absolute atomic E-state index is 0.0479. The van der Waals surface area contributed by atoms with Crippen molar-refractivity contribution < 1.29 is 27.4 Å². The Hall–Kier alpha value is -2.65. The molecule has 2 aliphatic rings. The third-order valence-electron chi connectivity index (χ3n) is 6.85. The van der Waals surface area contributed by atoms with Gasteiger partial charge in [-0.1, -0.05) is 13.0 Å². The molecule has 0 bridgehead atoms. The average Bonchev–Trinajstić information content (AvgIpc) is 3.27. The Labute approximate surface area is 190 Å². The number of nitrogens with two attached hydrogens (primary N) is 1. The lowest BCUT2D eigenvalue weighted by atomic mass is 9.79. The van der Waals surface area contributed by atoms with E-state index in [1.165, 1.54) is 12.1 Å². The molecule has 0 aliphatic carbocycles. The fraction of sp³-hybridized carbons (Fsp3) is 0.500. The monoisotopic (exact) mass is 463 g/mol. The lowest BCUT2D eigenvalue weighted by Crippen LogP contribution is -2.61. The summed E-state index contributed by atoms with van der Waals surface area (Å²) in [6, 6.07) is 8.74. The van der Waals surface area contributed by atoms with Gasteiger partial charge in [0.15, 0.2) is 0 Å². The van der Waals surface area contributed by atoms with Crippen molar-refractivity contribution in [1.82, 2.24) is 9.88 Å². The highest BCUT2D eigenvalue weighted by Gasteiger charge is 2.50. The van der Waals surface area contributed by atoms with Crippen molar-refractivity contribution in [3.63, 3.8) is 0 Å². The predicted molar refractivity (Wildman–Crippen MR) is 116 cm³/mol. The van der Waals surface area contributed by atoms with Gasteiger partial charge in [-0.3, -0.25) is 14.7 Å². The molecule has 3 heterocycles. The van der Waals surface area contributed by atoms with E-state index in [2.05, 4.69) is 11.9 Å². The summed E-state index contributed by atoms with van der Waals surface area (Å²) in [5, 5.41) is 0. The first kappa shape index (κ1) is 23.5. The predicted octanol–water partition coefficient (Wildman–Crippen LogP) is 3.76. The number of primary amides is 1. The smallest absolute Gasteiger partial charge is 0.416 e. The normalized spacial score (nSPS) is 27.3. The zero-order valence-corrected chi connectivity index (χ0v) is 18.4. The molecule has 2 N–H and O–H groups in total. The van der Waals surface area contributed by atoms with Gasteiger partial charge < -0.3 is 15.2 Å². The first-order valence-corrected chi connectivity index (χ1v) is 11.1. The minimum atomic E-state index is -4.43. The third kappa shape index (κ3) is 4.99. The van der Waals surface area contributed by atoms with Gasteiger partial charge in [-0.05, 0) is 48.7 Å². The molecule has 9 heteroatoms. The lowest BCUT2D eigenvalue weighted by Gasteiger charge is -2.46.